The van der Waals surface area contributed by atoms with Crippen molar-refractivity contribution in [2.45, 2.75) is 37.6 Å². The molecule has 0 fully saturated rings. The number of hydrogen-bond donors (Lipinski definition) is 2. The van der Waals surface area contributed by atoms with E-state index < -0.39 is 23.8 Å². The molecule has 0 spiro atoms. The topological polar surface area (TPSA) is 72.4 Å². The molecular weight excluding hydrogens is 454 g/mol. The first-order valence-electron chi connectivity index (χ1n) is 10.7. The summed E-state index contributed by atoms with van der Waals surface area (Å²) in [7, 11) is 0. The number of carboxylic acids is 1. The van der Waals surface area contributed by atoms with Gasteiger partial charge in [0.05, 0.1) is 17.6 Å². The number of halogens is 3. The van der Waals surface area contributed by atoms with E-state index in [-0.39, 0.29) is 47.7 Å². The number of hydrogen-bond acceptors (Lipinski definition) is 4. The smallest absolute Gasteiger partial charge is 0.545 e. The van der Waals surface area contributed by atoms with Crippen molar-refractivity contribution >= 4 is 5.97 Å². The van der Waals surface area contributed by atoms with Crippen LogP contribution in [0.1, 0.15) is 45.1 Å². The van der Waals surface area contributed by atoms with Crippen LogP contribution >= 0.6 is 0 Å². The molecule has 1 aliphatic rings. The van der Waals surface area contributed by atoms with E-state index in [1.165, 1.54) is 35.4 Å². The van der Waals surface area contributed by atoms with Crippen molar-refractivity contribution < 1.29 is 57.7 Å². The molecule has 172 valence electrons. The number of aliphatic hydroxyl groups is 1. The third kappa shape index (κ3) is 6.29. The maximum Gasteiger partial charge on any atom is 1.00 e. The van der Waals surface area contributed by atoms with E-state index in [2.05, 4.69) is 17.4 Å². The van der Waals surface area contributed by atoms with Crippen molar-refractivity contribution in [3.05, 3.63) is 94.5 Å². The van der Waals surface area contributed by atoms with Gasteiger partial charge in [0, 0.05) is 12.6 Å². The van der Waals surface area contributed by atoms with Gasteiger partial charge in [0.15, 0.2) is 0 Å². The fourth-order valence-electron chi connectivity index (χ4n) is 4.20. The Morgan fingerprint density at radius 3 is 2.26 bits per heavy atom. The van der Waals surface area contributed by atoms with Gasteiger partial charge >= 0.3 is 35.7 Å². The molecule has 0 amide bonds. The van der Waals surface area contributed by atoms with Crippen LogP contribution in [0.3, 0.4) is 0 Å². The van der Waals surface area contributed by atoms with E-state index in [1.807, 2.05) is 6.07 Å². The average molecular weight is 477 g/mol. The van der Waals surface area contributed by atoms with Crippen LogP contribution in [-0.4, -0.2) is 23.7 Å². The molecule has 2 atom stereocenters. The second kappa shape index (κ2) is 11.1. The number of carboxylic acid groups (broad SMARTS) is 1. The number of aliphatic hydroxyl groups excluding tert-OH is 1. The normalized spacial score (nSPS) is 16.3. The SMILES string of the molecule is O=C([O-])c1ccc(-c2ccc3c(c2)C[C@@H](NC[C@H](O)c2ccc(C(F)(F)F)cc2)CC3)cc1.[Na+]. The zero-order chi connectivity index (χ0) is 23.6. The molecule has 0 bridgehead atoms. The van der Waals surface area contributed by atoms with Gasteiger partial charge in [-0.1, -0.05) is 54.6 Å². The standard InChI is InChI=1S/C26H24F3NO3.Na/c27-26(28,29)22-10-7-18(8-11-22)24(31)15-30-23-12-9-17-3-6-20(13-21(17)14-23)16-1-4-19(5-2-16)25(32)33;/h1-8,10-11,13,23-24,30-31H,9,12,14-15H2,(H,32,33);/q;+1/p-1/t23-,24-;/m0./s1. The predicted molar refractivity (Wildman–Crippen MR) is 116 cm³/mol. The summed E-state index contributed by atoms with van der Waals surface area (Å²) in [6.07, 6.45) is -2.76. The molecule has 8 heteroatoms. The Morgan fingerprint density at radius 1 is 1.00 bits per heavy atom. The number of aryl methyl sites for hydroxylation is 1. The molecule has 3 aromatic carbocycles. The Kier molecular flexibility index (Phi) is 8.60. The quantitative estimate of drug-likeness (QED) is 0.518. The van der Waals surface area contributed by atoms with Gasteiger partial charge in [-0.25, -0.2) is 0 Å². The minimum Gasteiger partial charge on any atom is -0.545 e. The number of carbonyl (C=O) groups is 1. The van der Waals surface area contributed by atoms with E-state index in [0.29, 0.717) is 5.56 Å². The van der Waals surface area contributed by atoms with Crippen LogP contribution in [-0.2, 0) is 19.0 Å². The molecule has 0 aromatic heterocycles. The Bertz CT molecular complexity index is 1130. The molecule has 0 heterocycles. The van der Waals surface area contributed by atoms with Crippen LogP contribution in [0, 0.1) is 0 Å². The molecule has 4 rings (SSSR count). The summed E-state index contributed by atoms with van der Waals surface area (Å²) in [5, 5.41) is 24.7. The maximum atomic E-state index is 12.7. The van der Waals surface area contributed by atoms with Crippen LogP contribution in [0.4, 0.5) is 13.2 Å². The first-order valence-corrected chi connectivity index (χ1v) is 10.7. The summed E-state index contributed by atoms with van der Waals surface area (Å²) in [4.78, 5) is 10.9. The summed E-state index contributed by atoms with van der Waals surface area (Å²) in [6.45, 7) is 0.246. The maximum absolute atomic E-state index is 12.7. The number of aromatic carboxylic acids is 1. The van der Waals surface area contributed by atoms with Crippen molar-refractivity contribution in [1.29, 1.82) is 0 Å². The summed E-state index contributed by atoms with van der Waals surface area (Å²) >= 11 is 0. The van der Waals surface area contributed by atoms with Crippen molar-refractivity contribution in [3.63, 3.8) is 0 Å². The number of benzene rings is 3. The van der Waals surface area contributed by atoms with E-state index in [9.17, 15) is 28.2 Å². The third-order valence-corrected chi connectivity index (χ3v) is 6.11. The van der Waals surface area contributed by atoms with E-state index in [4.69, 9.17) is 0 Å². The number of fused-ring (bicyclic) bond motifs is 1. The molecule has 0 unspecified atom stereocenters. The van der Waals surface area contributed by atoms with Crippen molar-refractivity contribution in [1.82, 2.24) is 5.32 Å². The number of rotatable bonds is 6. The van der Waals surface area contributed by atoms with Crippen LogP contribution < -0.4 is 40.0 Å². The molecule has 2 N–H and O–H groups in total. The first kappa shape index (κ1) is 26.4. The molecule has 1 aliphatic carbocycles. The fraction of sp³-hybridized carbons (Fsp3) is 0.269. The zero-order valence-corrected chi connectivity index (χ0v) is 20.7. The van der Waals surface area contributed by atoms with Gasteiger partial charge < -0.3 is 20.3 Å². The van der Waals surface area contributed by atoms with E-state index in [0.717, 1.165) is 42.5 Å². The minimum absolute atomic E-state index is 0. The second-order valence-corrected chi connectivity index (χ2v) is 8.33. The van der Waals surface area contributed by atoms with Crippen molar-refractivity contribution in [3.8, 4) is 11.1 Å². The number of alkyl halides is 3. The van der Waals surface area contributed by atoms with Crippen LogP contribution in [0.15, 0.2) is 66.7 Å². The summed E-state index contributed by atoms with van der Waals surface area (Å²) in [5.41, 5.74) is 4.18. The van der Waals surface area contributed by atoms with E-state index in [1.54, 1.807) is 12.1 Å². The van der Waals surface area contributed by atoms with Crippen LogP contribution in [0.5, 0.6) is 0 Å². The minimum atomic E-state index is -4.40. The van der Waals surface area contributed by atoms with Gasteiger partial charge in [-0.15, -0.1) is 0 Å². The number of nitrogens with one attached hydrogen (secondary N) is 1. The molecule has 0 saturated carbocycles. The summed E-state index contributed by atoms with van der Waals surface area (Å²) in [6, 6.07) is 17.5. The summed E-state index contributed by atoms with van der Waals surface area (Å²) < 4.78 is 38.2. The molecule has 0 aliphatic heterocycles. The van der Waals surface area contributed by atoms with Gasteiger partial charge in [0.25, 0.3) is 0 Å². The molecule has 0 radical (unpaired) electrons. The first-order chi connectivity index (χ1) is 15.7. The van der Waals surface area contributed by atoms with Gasteiger partial charge in [0.2, 0.25) is 0 Å². The van der Waals surface area contributed by atoms with Crippen LogP contribution in [0.25, 0.3) is 11.1 Å². The summed E-state index contributed by atoms with van der Waals surface area (Å²) in [5.74, 6) is -1.21. The van der Waals surface area contributed by atoms with Crippen LogP contribution in [0.2, 0.25) is 0 Å². The van der Waals surface area contributed by atoms with Gasteiger partial charge in [0.1, 0.15) is 0 Å². The fourth-order valence-corrected chi connectivity index (χ4v) is 4.20. The Labute approximate surface area is 218 Å². The number of carbonyl (C=O) groups excluding carboxylic acids is 1. The molecule has 34 heavy (non-hydrogen) atoms. The predicted octanol–water partition coefficient (Wildman–Crippen LogP) is 0.920. The second-order valence-electron chi connectivity index (χ2n) is 8.33. The third-order valence-electron chi connectivity index (χ3n) is 6.11. The van der Waals surface area contributed by atoms with Gasteiger partial charge in [-0.05, 0) is 64.8 Å². The zero-order valence-electron chi connectivity index (χ0n) is 18.7. The monoisotopic (exact) mass is 477 g/mol. The largest absolute Gasteiger partial charge is 1.00 e. The van der Waals surface area contributed by atoms with Gasteiger partial charge in [-0.2, -0.15) is 13.2 Å². The average Bonchev–Trinajstić information content (AvgIpc) is 2.81. The Hall–Kier alpha value is -2.16. The van der Waals surface area contributed by atoms with Crippen molar-refractivity contribution in [2.24, 2.45) is 0 Å². The Morgan fingerprint density at radius 2 is 1.65 bits per heavy atom. The van der Waals surface area contributed by atoms with Crippen molar-refractivity contribution in [2.75, 3.05) is 6.54 Å². The Balaban J connectivity index is 0.00000324. The van der Waals surface area contributed by atoms with E-state index >= 15 is 0 Å². The van der Waals surface area contributed by atoms with Gasteiger partial charge in [-0.3, -0.25) is 0 Å². The molecule has 0 saturated heterocycles. The molecule has 3 aromatic rings. The molecular formula is C26H23F3NNaO3. The molecule has 4 nitrogen and oxygen atoms in total.